The van der Waals surface area contributed by atoms with Crippen LogP contribution in [0, 0.1) is 5.92 Å². The Bertz CT molecular complexity index is 418. The van der Waals surface area contributed by atoms with Crippen LogP contribution in [-0.2, 0) is 13.1 Å². The largest absolute Gasteiger partial charge is 0.329 e. The molecule has 1 aromatic rings. The highest BCUT2D eigenvalue weighted by Gasteiger charge is 2.44. The molecular formula is C17H26N2. The number of nitrogens with zero attached hydrogens (tertiary/aromatic N) is 1. The Kier molecular flexibility index (Phi) is 3.64. The zero-order valence-corrected chi connectivity index (χ0v) is 12.1. The standard InChI is InChI=1S/C17H26N2/c1-2-16-9-5-6-10-17(16,13-18)19-11-14-7-3-4-8-15(14)12-19/h3-4,7-8,16H,2,5-6,9-13,18H2,1H3. The van der Waals surface area contributed by atoms with E-state index in [1.807, 2.05) is 0 Å². The summed E-state index contributed by atoms with van der Waals surface area (Å²) in [5, 5.41) is 0. The molecule has 0 radical (unpaired) electrons. The van der Waals surface area contributed by atoms with Crippen molar-refractivity contribution in [2.45, 2.75) is 57.7 Å². The molecule has 104 valence electrons. The minimum Gasteiger partial charge on any atom is -0.329 e. The number of hydrogen-bond acceptors (Lipinski definition) is 2. The van der Waals surface area contributed by atoms with Crippen LogP contribution >= 0.6 is 0 Å². The topological polar surface area (TPSA) is 29.3 Å². The average molecular weight is 258 g/mol. The number of fused-ring (bicyclic) bond motifs is 1. The molecule has 2 unspecified atom stereocenters. The fourth-order valence-corrected chi connectivity index (χ4v) is 4.34. The summed E-state index contributed by atoms with van der Waals surface area (Å²) in [6.45, 7) is 5.36. The molecular weight excluding hydrogens is 232 g/mol. The molecule has 1 aromatic carbocycles. The fraction of sp³-hybridized carbons (Fsp3) is 0.647. The van der Waals surface area contributed by atoms with Gasteiger partial charge < -0.3 is 5.73 Å². The summed E-state index contributed by atoms with van der Waals surface area (Å²) in [5.74, 6) is 0.778. The molecule has 1 fully saturated rings. The fourth-order valence-electron chi connectivity index (χ4n) is 4.34. The summed E-state index contributed by atoms with van der Waals surface area (Å²) in [7, 11) is 0. The molecule has 2 nitrogen and oxygen atoms in total. The van der Waals surface area contributed by atoms with Crippen LogP contribution in [0.1, 0.15) is 50.2 Å². The average Bonchev–Trinajstić information content (AvgIpc) is 2.91. The Balaban J connectivity index is 1.87. The maximum absolute atomic E-state index is 6.28. The minimum absolute atomic E-state index is 0.256. The monoisotopic (exact) mass is 258 g/mol. The molecule has 0 saturated heterocycles. The van der Waals surface area contributed by atoms with Crippen LogP contribution in [-0.4, -0.2) is 17.0 Å². The van der Waals surface area contributed by atoms with Crippen molar-refractivity contribution in [1.82, 2.24) is 4.90 Å². The molecule has 2 atom stereocenters. The van der Waals surface area contributed by atoms with Gasteiger partial charge in [-0.05, 0) is 29.9 Å². The van der Waals surface area contributed by atoms with Crippen molar-refractivity contribution in [2.24, 2.45) is 11.7 Å². The van der Waals surface area contributed by atoms with E-state index in [2.05, 4.69) is 36.1 Å². The van der Waals surface area contributed by atoms with Gasteiger partial charge in [0.2, 0.25) is 0 Å². The second-order valence-corrected chi connectivity index (χ2v) is 6.28. The highest BCUT2D eigenvalue weighted by molar-refractivity contribution is 5.31. The van der Waals surface area contributed by atoms with Crippen LogP contribution in [0.15, 0.2) is 24.3 Å². The van der Waals surface area contributed by atoms with Crippen molar-refractivity contribution in [3.63, 3.8) is 0 Å². The van der Waals surface area contributed by atoms with E-state index in [-0.39, 0.29) is 5.54 Å². The Morgan fingerprint density at radius 1 is 1.21 bits per heavy atom. The van der Waals surface area contributed by atoms with Crippen molar-refractivity contribution >= 4 is 0 Å². The van der Waals surface area contributed by atoms with E-state index in [1.54, 1.807) is 0 Å². The summed E-state index contributed by atoms with van der Waals surface area (Å²) in [6.07, 6.45) is 6.65. The predicted molar refractivity (Wildman–Crippen MR) is 79.7 cm³/mol. The van der Waals surface area contributed by atoms with Gasteiger partial charge in [0.15, 0.2) is 0 Å². The third kappa shape index (κ3) is 2.11. The summed E-state index contributed by atoms with van der Waals surface area (Å²) in [4.78, 5) is 2.69. The van der Waals surface area contributed by atoms with Crippen LogP contribution in [0.4, 0.5) is 0 Å². The Morgan fingerprint density at radius 2 is 1.89 bits per heavy atom. The molecule has 1 heterocycles. The van der Waals surface area contributed by atoms with Gasteiger partial charge >= 0.3 is 0 Å². The Morgan fingerprint density at radius 3 is 2.47 bits per heavy atom. The molecule has 0 aromatic heterocycles. The Hall–Kier alpha value is -0.860. The highest BCUT2D eigenvalue weighted by Crippen LogP contribution is 2.43. The van der Waals surface area contributed by atoms with E-state index in [1.165, 1.54) is 43.2 Å². The first-order valence-corrected chi connectivity index (χ1v) is 7.82. The third-order valence-electron chi connectivity index (χ3n) is 5.49. The number of nitrogens with two attached hydrogens (primary N) is 1. The summed E-state index contributed by atoms with van der Waals surface area (Å²) in [6, 6.07) is 8.89. The molecule has 1 aliphatic heterocycles. The lowest BCUT2D eigenvalue weighted by atomic mass is 9.70. The van der Waals surface area contributed by atoms with E-state index < -0.39 is 0 Å². The first-order valence-electron chi connectivity index (χ1n) is 7.82. The molecule has 3 rings (SSSR count). The normalized spacial score (nSPS) is 31.4. The SMILES string of the molecule is CCC1CCCCC1(CN)N1Cc2ccccc2C1. The quantitative estimate of drug-likeness (QED) is 0.901. The second kappa shape index (κ2) is 5.26. The van der Waals surface area contributed by atoms with E-state index in [9.17, 15) is 0 Å². The van der Waals surface area contributed by atoms with Gasteiger partial charge in [0.05, 0.1) is 0 Å². The lowest BCUT2D eigenvalue weighted by Crippen LogP contribution is -2.58. The zero-order valence-electron chi connectivity index (χ0n) is 12.1. The van der Waals surface area contributed by atoms with Crippen LogP contribution in [0.5, 0.6) is 0 Å². The van der Waals surface area contributed by atoms with Crippen LogP contribution in [0.25, 0.3) is 0 Å². The second-order valence-electron chi connectivity index (χ2n) is 6.28. The minimum atomic E-state index is 0.256. The number of benzene rings is 1. The lowest BCUT2D eigenvalue weighted by molar-refractivity contribution is 0.000359. The van der Waals surface area contributed by atoms with E-state index in [0.717, 1.165) is 25.6 Å². The van der Waals surface area contributed by atoms with Crippen molar-refractivity contribution in [2.75, 3.05) is 6.54 Å². The van der Waals surface area contributed by atoms with Gasteiger partial charge in [-0.2, -0.15) is 0 Å². The smallest absolute Gasteiger partial charge is 0.0366 e. The molecule has 0 spiro atoms. The van der Waals surface area contributed by atoms with E-state index in [4.69, 9.17) is 5.73 Å². The zero-order chi connectivity index (χ0) is 13.3. The molecule has 1 saturated carbocycles. The highest BCUT2D eigenvalue weighted by atomic mass is 15.2. The van der Waals surface area contributed by atoms with E-state index >= 15 is 0 Å². The van der Waals surface area contributed by atoms with Gasteiger partial charge in [0.25, 0.3) is 0 Å². The maximum Gasteiger partial charge on any atom is 0.0366 e. The molecule has 0 amide bonds. The van der Waals surface area contributed by atoms with Gasteiger partial charge in [-0.3, -0.25) is 4.90 Å². The maximum atomic E-state index is 6.28. The van der Waals surface area contributed by atoms with Crippen molar-refractivity contribution in [1.29, 1.82) is 0 Å². The number of rotatable bonds is 3. The van der Waals surface area contributed by atoms with Crippen LogP contribution < -0.4 is 5.73 Å². The van der Waals surface area contributed by atoms with Gasteiger partial charge in [-0.25, -0.2) is 0 Å². The summed E-state index contributed by atoms with van der Waals surface area (Å²) >= 11 is 0. The molecule has 2 heteroatoms. The third-order valence-corrected chi connectivity index (χ3v) is 5.49. The number of hydrogen-bond donors (Lipinski definition) is 1. The molecule has 19 heavy (non-hydrogen) atoms. The first kappa shape index (κ1) is 13.1. The van der Waals surface area contributed by atoms with Crippen LogP contribution in [0.3, 0.4) is 0 Å². The summed E-state index contributed by atoms with van der Waals surface area (Å²) in [5.41, 5.74) is 9.55. The molecule has 1 aliphatic carbocycles. The van der Waals surface area contributed by atoms with Crippen molar-refractivity contribution < 1.29 is 0 Å². The molecule has 2 aliphatic rings. The summed E-state index contributed by atoms with van der Waals surface area (Å²) < 4.78 is 0. The van der Waals surface area contributed by atoms with E-state index in [0.29, 0.717) is 0 Å². The van der Waals surface area contributed by atoms with Gasteiger partial charge in [0.1, 0.15) is 0 Å². The van der Waals surface area contributed by atoms with Crippen LogP contribution in [0.2, 0.25) is 0 Å². The molecule has 0 bridgehead atoms. The van der Waals surface area contributed by atoms with Gasteiger partial charge in [0, 0.05) is 25.2 Å². The van der Waals surface area contributed by atoms with Gasteiger partial charge in [-0.15, -0.1) is 0 Å². The first-order chi connectivity index (χ1) is 9.30. The van der Waals surface area contributed by atoms with Gasteiger partial charge in [-0.1, -0.05) is 50.5 Å². The van der Waals surface area contributed by atoms with Crippen molar-refractivity contribution in [3.8, 4) is 0 Å². The Labute approximate surface area is 117 Å². The molecule has 2 N–H and O–H groups in total. The lowest BCUT2D eigenvalue weighted by Gasteiger charge is -2.49. The van der Waals surface area contributed by atoms with Crippen molar-refractivity contribution in [3.05, 3.63) is 35.4 Å². The predicted octanol–water partition coefficient (Wildman–Crippen LogP) is 3.30.